The Morgan fingerprint density at radius 3 is 2.50 bits per heavy atom. The summed E-state index contributed by atoms with van der Waals surface area (Å²) in [4.78, 5) is 20.1. The van der Waals surface area contributed by atoms with Gasteiger partial charge in [0.1, 0.15) is 12.4 Å². The summed E-state index contributed by atoms with van der Waals surface area (Å²) < 4.78 is 10.7. The number of hydrogen-bond donors (Lipinski definition) is 1. The zero-order valence-electron chi connectivity index (χ0n) is 12.8. The zero-order valence-corrected chi connectivity index (χ0v) is 12.8. The third-order valence-electron chi connectivity index (χ3n) is 3.03. The largest absolute Gasteiger partial charge is 0.471 e. The van der Waals surface area contributed by atoms with Crippen molar-refractivity contribution in [3.63, 3.8) is 0 Å². The van der Waals surface area contributed by atoms with E-state index in [9.17, 15) is 4.79 Å². The van der Waals surface area contributed by atoms with Crippen molar-refractivity contribution in [1.29, 1.82) is 0 Å². The van der Waals surface area contributed by atoms with Gasteiger partial charge in [-0.3, -0.25) is 10.3 Å². The molecular weight excluding hydrogens is 306 g/mol. The number of carbonyl (C=O) groups is 1. The highest BCUT2D eigenvalue weighted by Crippen LogP contribution is 2.14. The van der Waals surface area contributed by atoms with Gasteiger partial charge in [0.15, 0.2) is 0 Å². The van der Waals surface area contributed by atoms with Crippen LogP contribution < -0.4 is 14.8 Å². The maximum atomic E-state index is 11.8. The third kappa shape index (κ3) is 4.54. The molecule has 0 saturated heterocycles. The molecule has 0 aliphatic rings. The van der Waals surface area contributed by atoms with E-state index < -0.39 is 6.09 Å². The van der Waals surface area contributed by atoms with Crippen molar-refractivity contribution in [2.45, 2.75) is 6.61 Å². The Kier molecular flexibility index (Phi) is 4.99. The molecule has 0 spiro atoms. The van der Waals surface area contributed by atoms with E-state index in [-0.39, 0.29) is 0 Å². The molecule has 1 amide bonds. The summed E-state index contributed by atoms with van der Waals surface area (Å²) >= 11 is 0. The molecule has 2 aromatic heterocycles. The van der Waals surface area contributed by atoms with Crippen LogP contribution in [-0.2, 0) is 6.61 Å². The molecule has 3 rings (SSSR count). The van der Waals surface area contributed by atoms with Crippen molar-refractivity contribution in [2.24, 2.45) is 0 Å². The Morgan fingerprint density at radius 2 is 1.79 bits per heavy atom. The number of hydrogen-bond acceptors (Lipinski definition) is 5. The average molecular weight is 321 g/mol. The number of anilines is 1. The van der Waals surface area contributed by atoms with Crippen LogP contribution in [0.5, 0.6) is 11.6 Å². The van der Waals surface area contributed by atoms with Crippen LogP contribution in [0.2, 0.25) is 0 Å². The van der Waals surface area contributed by atoms with Crippen molar-refractivity contribution < 1.29 is 14.3 Å². The second-order valence-corrected chi connectivity index (χ2v) is 4.82. The van der Waals surface area contributed by atoms with Gasteiger partial charge in [-0.25, -0.2) is 9.78 Å². The second-order valence-electron chi connectivity index (χ2n) is 4.82. The first-order valence-corrected chi connectivity index (χ1v) is 7.32. The molecule has 120 valence electrons. The van der Waals surface area contributed by atoms with Crippen molar-refractivity contribution in [1.82, 2.24) is 9.97 Å². The minimum atomic E-state index is -0.579. The topological polar surface area (TPSA) is 73.3 Å². The van der Waals surface area contributed by atoms with Crippen LogP contribution in [0.4, 0.5) is 10.5 Å². The average Bonchev–Trinajstić information content (AvgIpc) is 2.63. The van der Waals surface area contributed by atoms with Crippen LogP contribution in [0.3, 0.4) is 0 Å². The molecule has 1 N–H and O–H groups in total. The minimum Gasteiger partial charge on any atom is -0.471 e. The standard InChI is InChI=1S/C18H15N3O3/c22-18(24-16-7-2-1-3-8-16)21-14-9-10-17(20-12-14)23-13-15-6-4-5-11-19-15/h1-12H,13H2,(H,21,22). The van der Waals surface area contributed by atoms with Crippen molar-refractivity contribution in [2.75, 3.05) is 5.32 Å². The van der Waals surface area contributed by atoms with Gasteiger partial charge < -0.3 is 9.47 Å². The van der Waals surface area contributed by atoms with Gasteiger partial charge in [0.05, 0.1) is 17.6 Å². The van der Waals surface area contributed by atoms with Crippen LogP contribution in [0.25, 0.3) is 0 Å². The van der Waals surface area contributed by atoms with Crippen LogP contribution in [0.15, 0.2) is 73.1 Å². The quantitative estimate of drug-likeness (QED) is 0.776. The first-order valence-electron chi connectivity index (χ1n) is 7.32. The molecule has 6 nitrogen and oxygen atoms in total. The van der Waals surface area contributed by atoms with E-state index in [1.807, 2.05) is 24.3 Å². The van der Waals surface area contributed by atoms with E-state index in [1.54, 1.807) is 42.6 Å². The lowest BCUT2D eigenvalue weighted by Crippen LogP contribution is -2.16. The maximum absolute atomic E-state index is 11.8. The Balaban J connectivity index is 1.51. The zero-order chi connectivity index (χ0) is 16.6. The highest BCUT2D eigenvalue weighted by Gasteiger charge is 2.05. The normalized spacial score (nSPS) is 10.0. The van der Waals surface area contributed by atoms with Gasteiger partial charge in [-0.1, -0.05) is 24.3 Å². The number of amides is 1. The van der Waals surface area contributed by atoms with Gasteiger partial charge in [0.2, 0.25) is 5.88 Å². The Bertz CT molecular complexity index is 778. The van der Waals surface area contributed by atoms with Gasteiger partial charge in [-0.05, 0) is 30.3 Å². The Hall–Kier alpha value is -3.41. The molecule has 0 saturated carbocycles. The van der Waals surface area contributed by atoms with Crippen molar-refractivity contribution in [3.05, 3.63) is 78.8 Å². The van der Waals surface area contributed by atoms with E-state index >= 15 is 0 Å². The summed E-state index contributed by atoms with van der Waals surface area (Å²) in [7, 11) is 0. The molecule has 0 aliphatic heterocycles. The molecule has 0 unspecified atom stereocenters. The number of benzene rings is 1. The van der Waals surface area contributed by atoms with Gasteiger partial charge in [0.25, 0.3) is 0 Å². The van der Waals surface area contributed by atoms with Crippen LogP contribution in [0.1, 0.15) is 5.69 Å². The molecule has 2 heterocycles. The smallest absolute Gasteiger partial charge is 0.417 e. The third-order valence-corrected chi connectivity index (χ3v) is 3.03. The number of ether oxygens (including phenoxy) is 2. The number of para-hydroxylation sites is 1. The summed E-state index contributed by atoms with van der Waals surface area (Å²) in [6.07, 6.45) is 2.63. The Labute approximate surface area is 139 Å². The maximum Gasteiger partial charge on any atom is 0.417 e. The molecule has 0 aliphatic carbocycles. The SMILES string of the molecule is O=C(Nc1ccc(OCc2ccccn2)nc1)Oc1ccccc1. The summed E-state index contributed by atoms with van der Waals surface area (Å²) in [5.41, 5.74) is 1.33. The molecule has 0 bridgehead atoms. The molecular formula is C18H15N3O3. The van der Waals surface area contributed by atoms with E-state index in [0.717, 1.165) is 5.69 Å². The lowest BCUT2D eigenvalue weighted by Gasteiger charge is -2.08. The molecule has 0 atom stereocenters. The monoisotopic (exact) mass is 321 g/mol. The lowest BCUT2D eigenvalue weighted by atomic mass is 10.3. The summed E-state index contributed by atoms with van der Waals surface area (Å²) in [6, 6.07) is 17.8. The van der Waals surface area contributed by atoms with Crippen molar-refractivity contribution >= 4 is 11.8 Å². The highest BCUT2D eigenvalue weighted by molar-refractivity contribution is 5.86. The van der Waals surface area contributed by atoms with Crippen molar-refractivity contribution in [3.8, 4) is 11.6 Å². The molecule has 24 heavy (non-hydrogen) atoms. The number of aromatic nitrogens is 2. The number of rotatable bonds is 5. The summed E-state index contributed by atoms with van der Waals surface area (Å²) in [6.45, 7) is 0.330. The van der Waals surface area contributed by atoms with E-state index in [0.29, 0.717) is 23.9 Å². The van der Waals surface area contributed by atoms with Gasteiger partial charge >= 0.3 is 6.09 Å². The fourth-order valence-electron chi connectivity index (χ4n) is 1.91. The first kappa shape index (κ1) is 15.5. The number of pyridine rings is 2. The molecule has 0 fully saturated rings. The van der Waals surface area contributed by atoms with Gasteiger partial charge in [-0.15, -0.1) is 0 Å². The minimum absolute atomic E-state index is 0.330. The van der Waals surface area contributed by atoms with Crippen LogP contribution in [-0.4, -0.2) is 16.1 Å². The second kappa shape index (κ2) is 7.73. The highest BCUT2D eigenvalue weighted by atomic mass is 16.6. The summed E-state index contributed by atoms with van der Waals surface area (Å²) in [5.74, 6) is 0.918. The van der Waals surface area contributed by atoms with E-state index in [1.165, 1.54) is 6.20 Å². The van der Waals surface area contributed by atoms with Gasteiger partial charge in [-0.2, -0.15) is 0 Å². The van der Waals surface area contributed by atoms with Gasteiger partial charge in [0, 0.05) is 12.3 Å². The van der Waals surface area contributed by atoms with Crippen LogP contribution in [0, 0.1) is 0 Å². The number of carbonyl (C=O) groups excluding carboxylic acids is 1. The number of nitrogens with zero attached hydrogens (tertiary/aromatic N) is 2. The molecule has 1 aromatic carbocycles. The number of nitrogens with one attached hydrogen (secondary N) is 1. The summed E-state index contributed by atoms with van der Waals surface area (Å²) in [5, 5.41) is 2.60. The van der Waals surface area contributed by atoms with E-state index in [2.05, 4.69) is 15.3 Å². The fraction of sp³-hybridized carbons (Fsp3) is 0.0556. The first-order chi connectivity index (χ1) is 11.8. The predicted octanol–water partition coefficient (Wildman–Crippen LogP) is 3.67. The molecule has 0 radical (unpaired) electrons. The lowest BCUT2D eigenvalue weighted by molar-refractivity contribution is 0.215. The molecule has 3 aromatic rings. The predicted molar refractivity (Wildman–Crippen MR) is 88.9 cm³/mol. The Morgan fingerprint density at radius 1 is 0.958 bits per heavy atom. The van der Waals surface area contributed by atoms with E-state index in [4.69, 9.17) is 9.47 Å². The molecule has 6 heteroatoms. The fourth-order valence-corrected chi connectivity index (χ4v) is 1.91. The van der Waals surface area contributed by atoms with Crippen LogP contribution >= 0.6 is 0 Å².